The predicted molar refractivity (Wildman–Crippen MR) is 278 cm³/mol. The molecule has 8 atom stereocenters. The largest absolute Gasteiger partial charge is 0.395 e. The highest BCUT2D eigenvalue weighted by molar-refractivity contribution is 7.86. The van der Waals surface area contributed by atoms with E-state index in [0.717, 1.165) is 46.2 Å². The molecular formula is C40H60N12O24S4. The van der Waals surface area contributed by atoms with E-state index in [2.05, 4.69) is 51.2 Å². The Balaban J connectivity index is 1.73. The van der Waals surface area contributed by atoms with Gasteiger partial charge in [0.1, 0.15) is 58.6 Å². The van der Waals surface area contributed by atoms with Gasteiger partial charge in [0, 0.05) is 50.6 Å². The molecule has 80 heavy (non-hydrogen) atoms. The summed E-state index contributed by atoms with van der Waals surface area (Å²) in [6.45, 7) is -6.47. The van der Waals surface area contributed by atoms with Gasteiger partial charge in [-0.3, -0.25) is 18.2 Å². The van der Waals surface area contributed by atoms with Gasteiger partial charge in [-0.1, -0.05) is 24.3 Å². The summed E-state index contributed by atoms with van der Waals surface area (Å²) in [4.78, 5) is 25.0. The zero-order valence-corrected chi connectivity index (χ0v) is 44.6. The van der Waals surface area contributed by atoms with Crippen LogP contribution in [-0.2, 0) is 40.5 Å². The summed E-state index contributed by atoms with van der Waals surface area (Å²) >= 11 is 0. The van der Waals surface area contributed by atoms with Crippen LogP contribution < -0.4 is 31.1 Å². The lowest BCUT2D eigenvalue weighted by Crippen LogP contribution is -2.50. The van der Waals surface area contributed by atoms with Crippen molar-refractivity contribution in [1.29, 1.82) is 0 Å². The van der Waals surface area contributed by atoms with E-state index in [4.69, 9.17) is 10.2 Å². The minimum Gasteiger partial charge on any atom is -0.395 e. The van der Waals surface area contributed by atoms with Crippen LogP contribution in [0.3, 0.4) is 0 Å². The maximum atomic E-state index is 12.8. The fourth-order valence-electron chi connectivity index (χ4n) is 6.83. The molecule has 0 saturated carbocycles. The molecule has 2 aromatic carbocycles. The predicted octanol–water partition coefficient (Wildman–Crippen LogP) is -6.72. The van der Waals surface area contributed by atoms with E-state index in [1.165, 1.54) is 12.1 Å². The minimum absolute atomic E-state index is 0.196. The number of hydrogen-bond acceptors (Lipinski definition) is 32. The molecule has 20 N–H and O–H groups in total. The Morgan fingerprint density at radius 3 is 1.09 bits per heavy atom. The Kier molecular flexibility index (Phi) is 24.4. The van der Waals surface area contributed by atoms with E-state index >= 15 is 0 Å². The molecule has 2 aromatic heterocycles. The van der Waals surface area contributed by atoms with Crippen LogP contribution >= 0.6 is 0 Å². The van der Waals surface area contributed by atoms with Gasteiger partial charge in [-0.05, 0) is 35.4 Å². The first-order chi connectivity index (χ1) is 37.3. The fraction of sp³-hybridized carbons (Fsp3) is 0.500. The summed E-state index contributed by atoms with van der Waals surface area (Å²) in [5.41, 5.74) is -1.01. The van der Waals surface area contributed by atoms with Crippen molar-refractivity contribution < 1.29 is 113 Å². The van der Waals surface area contributed by atoms with E-state index in [1.807, 2.05) is 0 Å². The highest BCUT2D eigenvalue weighted by Crippen LogP contribution is 2.29. The Hall–Kier alpha value is -5.84. The molecule has 0 fully saturated rings. The van der Waals surface area contributed by atoms with Gasteiger partial charge in [0.25, 0.3) is 40.5 Å². The van der Waals surface area contributed by atoms with Crippen molar-refractivity contribution in [2.24, 2.45) is 0 Å². The number of aliphatic hydroxyl groups excluding tert-OH is 12. The first kappa shape index (κ1) is 66.7. The number of benzene rings is 2. The van der Waals surface area contributed by atoms with Crippen molar-refractivity contribution in [3.63, 3.8) is 0 Å². The lowest BCUT2D eigenvalue weighted by Gasteiger charge is -2.30. The first-order valence-corrected chi connectivity index (χ1v) is 29.1. The number of rotatable bonds is 34. The van der Waals surface area contributed by atoms with Gasteiger partial charge in [0.15, 0.2) is 0 Å². The van der Waals surface area contributed by atoms with Gasteiger partial charge in [0.2, 0.25) is 35.7 Å². The molecule has 0 saturated heterocycles. The number of anilines is 8. The summed E-state index contributed by atoms with van der Waals surface area (Å²) in [5, 5.41) is 130. The summed E-state index contributed by atoms with van der Waals surface area (Å²) in [7, 11) is -19.4. The standard InChI is InChI=1S/C40H60N12O24S4/c53-11-9-51(17-25(57)31(61)33(63)27(59)19-55)39-47-35(41-7-13-77(65,66)67)45-37(49-39)43-23-5-3-21(29(15-23)79(71,72)73)1-2-22-4-6-24(16-30(22)80(74,75)76)44-38-46-36(42-8-14-78(68,69)70)48-40(50-38)52(10-12-54)18-26(58)32(62)34(64)28(60)20-56/h1-6,15-16,25-28,31-34,53-64H,7-14,17-20H2,(H,65,66,67)(H,68,69,70)(H,71,72,73)(H,74,75,76)(H2,41,43,45,47,49)(H2,42,44,46,48,50). The van der Waals surface area contributed by atoms with E-state index in [9.17, 15) is 103 Å². The van der Waals surface area contributed by atoms with Crippen molar-refractivity contribution in [3.05, 3.63) is 47.5 Å². The van der Waals surface area contributed by atoms with E-state index in [-0.39, 0.29) is 22.5 Å². The first-order valence-electron chi connectivity index (χ1n) is 23.0. The van der Waals surface area contributed by atoms with E-state index in [1.54, 1.807) is 0 Å². The number of hydrogen-bond donors (Lipinski definition) is 20. The zero-order valence-electron chi connectivity index (χ0n) is 41.4. The third-order valence-corrected chi connectivity index (χ3v) is 14.1. The average molecular weight is 1220 g/mol. The lowest BCUT2D eigenvalue weighted by molar-refractivity contribution is -0.112. The average Bonchev–Trinajstić information content (AvgIpc) is 3.37. The number of aromatic nitrogens is 6. The fourth-order valence-corrected chi connectivity index (χ4v) is 8.97. The summed E-state index contributed by atoms with van der Waals surface area (Å²) in [6.07, 6.45) is -13.9. The second-order valence-electron chi connectivity index (χ2n) is 17.0. The molecule has 4 rings (SSSR count). The van der Waals surface area contributed by atoms with Gasteiger partial charge in [-0.15, -0.1) is 0 Å². The smallest absolute Gasteiger partial charge is 0.295 e. The molecule has 2 heterocycles. The van der Waals surface area contributed by atoms with Crippen LogP contribution in [0.5, 0.6) is 0 Å². The van der Waals surface area contributed by atoms with Crippen molar-refractivity contribution >= 4 is 99.7 Å². The molecule has 0 spiro atoms. The summed E-state index contributed by atoms with van der Waals surface area (Å²) < 4.78 is 136. The zero-order chi connectivity index (χ0) is 59.9. The van der Waals surface area contributed by atoms with E-state index in [0.29, 0.717) is 0 Å². The van der Waals surface area contributed by atoms with Crippen molar-refractivity contribution in [2.45, 2.75) is 58.6 Å². The SMILES string of the molecule is O=S(=O)(O)CCNc1nc(Nc2ccc(C=Cc3ccc(Nc4nc(NCCS(=O)(=O)O)nc(N(CCO)CC(O)C(O)C(O)C(O)CO)n4)cc3S(=O)(=O)O)c(S(=O)(=O)O)c2)nc(N(CCO)CC(O)C(O)C(O)C(O)CO)n1. The molecular weight excluding hydrogens is 1160 g/mol. The van der Waals surface area contributed by atoms with Gasteiger partial charge in [-0.25, -0.2) is 0 Å². The maximum Gasteiger partial charge on any atom is 0.295 e. The molecule has 8 unspecified atom stereocenters. The van der Waals surface area contributed by atoms with Crippen LogP contribution in [-0.4, -0.2) is 269 Å². The second kappa shape index (κ2) is 29.2. The van der Waals surface area contributed by atoms with Crippen LogP contribution in [0.4, 0.5) is 47.1 Å². The van der Waals surface area contributed by atoms with Crippen LogP contribution in [0.15, 0.2) is 46.2 Å². The van der Waals surface area contributed by atoms with Gasteiger partial charge in [-0.2, -0.15) is 63.6 Å². The third kappa shape index (κ3) is 20.6. The molecule has 40 heteroatoms. The molecule has 4 aromatic rings. The van der Waals surface area contributed by atoms with Gasteiger partial charge >= 0.3 is 0 Å². The van der Waals surface area contributed by atoms with Crippen LogP contribution in [0, 0.1) is 0 Å². The van der Waals surface area contributed by atoms with Crippen LogP contribution in [0.2, 0.25) is 0 Å². The topological polar surface area (TPSA) is 592 Å². The molecule has 0 amide bonds. The highest BCUT2D eigenvalue weighted by atomic mass is 32.2. The molecule has 0 aliphatic heterocycles. The normalized spacial score (nSPS) is 15.6. The number of nitrogens with one attached hydrogen (secondary N) is 4. The Morgan fingerprint density at radius 2 is 0.787 bits per heavy atom. The highest BCUT2D eigenvalue weighted by Gasteiger charge is 2.34. The van der Waals surface area contributed by atoms with E-state index < -0.39 is 212 Å². The Labute approximate surface area is 455 Å². The molecule has 0 radical (unpaired) electrons. The summed E-state index contributed by atoms with van der Waals surface area (Å²) in [6, 6.07) is 6.30. The molecule has 0 aliphatic rings. The number of aliphatic hydroxyl groups is 12. The van der Waals surface area contributed by atoms with Gasteiger partial charge < -0.3 is 92.3 Å². The van der Waals surface area contributed by atoms with Crippen LogP contribution in [0.1, 0.15) is 11.1 Å². The number of nitrogens with zero attached hydrogens (tertiary/aromatic N) is 8. The van der Waals surface area contributed by atoms with Crippen molar-refractivity contribution in [3.8, 4) is 0 Å². The Bertz CT molecular complexity index is 2980. The molecule has 0 bridgehead atoms. The quantitative estimate of drug-likeness (QED) is 0.0153. The molecule has 448 valence electrons. The van der Waals surface area contributed by atoms with Crippen molar-refractivity contribution in [2.75, 3.05) is 108 Å². The maximum absolute atomic E-state index is 12.8. The van der Waals surface area contributed by atoms with Crippen LogP contribution in [0.25, 0.3) is 12.2 Å². The van der Waals surface area contributed by atoms with Crippen molar-refractivity contribution in [1.82, 2.24) is 29.9 Å². The molecule has 36 nitrogen and oxygen atoms in total. The minimum atomic E-state index is -5.18. The second-order valence-corrected chi connectivity index (χ2v) is 22.9. The lowest BCUT2D eigenvalue weighted by atomic mass is 10.0. The monoisotopic (exact) mass is 1220 g/mol. The van der Waals surface area contributed by atoms with Gasteiger partial charge in [0.05, 0.1) is 37.9 Å². The third-order valence-electron chi connectivity index (χ3n) is 10.8. The molecule has 0 aliphatic carbocycles. The Morgan fingerprint density at radius 1 is 0.463 bits per heavy atom. The summed E-state index contributed by atoms with van der Waals surface area (Å²) in [5.74, 6) is -4.37.